The number of amides is 3. The number of hydrogen-bond acceptors (Lipinski definition) is 3. The van der Waals surface area contributed by atoms with E-state index in [0.29, 0.717) is 19.5 Å². The summed E-state index contributed by atoms with van der Waals surface area (Å²) < 4.78 is 0. The highest BCUT2D eigenvalue weighted by molar-refractivity contribution is 6.35. The summed E-state index contributed by atoms with van der Waals surface area (Å²) in [5.74, 6) is -1.23. The maximum absolute atomic E-state index is 12.9. The van der Waals surface area contributed by atoms with Crippen LogP contribution in [0, 0.1) is 0 Å². The molecular formula is C21H29N3O3. The molecule has 1 atom stereocenters. The van der Waals surface area contributed by atoms with Crippen LogP contribution in [0.5, 0.6) is 0 Å². The molecule has 1 aliphatic carbocycles. The number of rotatable bonds is 4. The number of likely N-dealkylation sites (tertiary alicyclic amines) is 1. The van der Waals surface area contributed by atoms with Crippen LogP contribution < -0.4 is 5.32 Å². The Labute approximate surface area is 160 Å². The van der Waals surface area contributed by atoms with Gasteiger partial charge >= 0.3 is 11.8 Å². The minimum absolute atomic E-state index is 0.0905. The van der Waals surface area contributed by atoms with Crippen molar-refractivity contribution in [2.75, 3.05) is 13.6 Å². The van der Waals surface area contributed by atoms with Crippen LogP contribution in [-0.4, -0.2) is 53.2 Å². The summed E-state index contributed by atoms with van der Waals surface area (Å²) in [5, 5.41) is 2.87. The largest absolute Gasteiger partial charge is 0.345 e. The first kappa shape index (κ1) is 19.4. The molecule has 1 aromatic rings. The zero-order chi connectivity index (χ0) is 19.2. The van der Waals surface area contributed by atoms with Crippen LogP contribution in [0.3, 0.4) is 0 Å². The Bertz CT molecular complexity index is 671. The molecule has 2 fully saturated rings. The third kappa shape index (κ3) is 4.87. The van der Waals surface area contributed by atoms with E-state index in [1.165, 1.54) is 11.3 Å². The summed E-state index contributed by atoms with van der Waals surface area (Å²) in [4.78, 5) is 41.0. The fourth-order valence-corrected chi connectivity index (χ4v) is 4.08. The van der Waals surface area contributed by atoms with Crippen molar-refractivity contribution < 1.29 is 14.4 Å². The zero-order valence-corrected chi connectivity index (χ0v) is 16.0. The Kier molecular flexibility index (Phi) is 6.48. The highest BCUT2D eigenvalue weighted by Crippen LogP contribution is 2.21. The Morgan fingerprint density at radius 1 is 1.04 bits per heavy atom. The predicted molar refractivity (Wildman–Crippen MR) is 103 cm³/mol. The van der Waals surface area contributed by atoms with E-state index in [4.69, 9.17) is 0 Å². The molecule has 1 aliphatic heterocycles. The van der Waals surface area contributed by atoms with E-state index in [1.807, 2.05) is 30.3 Å². The maximum Gasteiger partial charge on any atom is 0.312 e. The van der Waals surface area contributed by atoms with Gasteiger partial charge in [0, 0.05) is 26.2 Å². The van der Waals surface area contributed by atoms with Gasteiger partial charge in [-0.05, 0) is 31.2 Å². The summed E-state index contributed by atoms with van der Waals surface area (Å²) in [6, 6.07) is 9.31. The highest BCUT2D eigenvalue weighted by atomic mass is 16.2. The topological polar surface area (TPSA) is 69.7 Å². The van der Waals surface area contributed by atoms with Gasteiger partial charge in [0.2, 0.25) is 5.91 Å². The predicted octanol–water partition coefficient (Wildman–Crippen LogP) is 2.08. The van der Waals surface area contributed by atoms with Crippen molar-refractivity contribution in [1.29, 1.82) is 0 Å². The van der Waals surface area contributed by atoms with Gasteiger partial charge in [0.25, 0.3) is 0 Å². The molecule has 27 heavy (non-hydrogen) atoms. The quantitative estimate of drug-likeness (QED) is 0.824. The molecule has 1 aromatic carbocycles. The summed E-state index contributed by atoms with van der Waals surface area (Å²) in [6.45, 7) is 0.957. The molecule has 2 aliphatic rings. The second-order valence-electron chi connectivity index (χ2n) is 7.64. The van der Waals surface area contributed by atoms with E-state index < -0.39 is 17.9 Å². The SMILES string of the molecule is CN(Cc1ccccc1)C(=O)C1CCCN1C(=O)C(=O)NC1CCCCC1. The zero-order valence-electron chi connectivity index (χ0n) is 16.0. The molecule has 3 rings (SSSR count). The first-order valence-corrected chi connectivity index (χ1v) is 9.96. The maximum atomic E-state index is 12.9. The molecule has 6 nitrogen and oxygen atoms in total. The number of hydrogen-bond donors (Lipinski definition) is 1. The third-order valence-electron chi connectivity index (χ3n) is 5.57. The van der Waals surface area contributed by atoms with E-state index in [9.17, 15) is 14.4 Å². The van der Waals surface area contributed by atoms with E-state index >= 15 is 0 Å². The minimum atomic E-state index is -0.565. The van der Waals surface area contributed by atoms with Crippen molar-refractivity contribution in [1.82, 2.24) is 15.1 Å². The number of nitrogens with zero attached hydrogens (tertiary/aromatic N) is 2. The van der Waals surface area contributed by atoms with Gasteiger partial charge in [-0.2, -0.15) is 0 Å². The number of likely N-dealkylation sites (N-methyl/N-ethyl adjacent to an activating group) is 1. The monoisotopic (exact) mass is 371 g/mol. The van der Waals surface area contributed by atoms with Crippen LogP contribution >= 0.6 is 0 Å². The van der Waals surface area contributed by atoms with E-state index in [2.05, 4.69) is 5.32 Å². The first-order valence-electron chi connectivity index (χ1n) is 9.96. The first-order chi connectivity index (χ1) is 13.1. The average molecular weight is 371 g/mol. The number of benzene rings is 1. The van der Waals surface area contributed by atoms with Gasteiger partial charge in [0.15, 0.2) is 0 Å². The van der Waals surface area contributed by atoms with Gasteiger partial charge in [-0.1, -0.05) is 49.6 Å². The van der Waals surface area contributed by atoms with Crippen molar-refractivity contribution in [3.63, 3.8) is 0 Å². The lowest BCUT2D eigenvalue weighted by atomic mass is 9.95. The average Bonchev–Trinajstić information content (AvgIpc) is 3.18. The van der Waals surface area contributed by atoms with Crippen LogP contribution in [0.2, 0.25) is 0 Å². The van der Waals surface area contributed by atoms with Crippen LogP contribution in [0.15, 0.2) is 30.3 Å². The van der Waals surface area contributed by atoms with Gasteiger partial charge in [0.05, 0.1) is 0 Å². The second-order valence-corrected chi connectivity index (χ2v) is 7.64. The Morgan fingerprint density at radius 3 is 2.44 bits per heavy atom. The summed E-state index contributed by atoms with van der Waals surface area (Å²) in [7, 11) is 1.75. The Morgan fingerprint density at radius 2 is 1.74 bits per heavy atom. The Balaban J connectivity index is 1.58. The normalized spacial score (nSPS) is 20.3. The van der Waals surface area contributed by atoms with Gasteiger partial charge < -0.3 is 15.1 Å². The number of carbonyl (C=O) groups excluding carboxylic acids is 3. The molecular weight excluding hydrogens is 342 g/mol. The van der Waals surface area contributed by atoms with Gasteiger partial charge in [-0.15, -0.1) is 0 Å². The standard InChI is InChI=1S/C21H29N3O3/c1-23(15-16-9-4-2-5-10-16)20(26)18-13-8-14-24(18)21(27)19(25)22-17-11-6-3-7-12-17/h2,4-5,9-10,17-18H,3,6-8,11-15H2,1H3,(H,22,25). The molecule has 0 spiro atoms. The Hall–Kier alpha value is -2.37. The minimum Gasteiger partial charge on any atom is -0.345 e. The molecule has 0 bridgehead atoms. The smallest absolute Gasteiger partial charge is 0.312 e. The molecule has 1 unspecified atom stereocenters. The summed E-state index contributed by atoms with van der Waals surface area (Å²) >= 11 is 0. The number of nitrogens with one attached hydrogen (secondary N) is 1. The van der Waals surface area contributed by atoms with E-state index in [1.54, 1.807) is 11.9 Å². The van der Waals surface area contributed by atoms with Crippen LogP contribution in [0.1, 0.15) is 50.5 Å². The molecule has 1 heterocycles. The van der Waals surface area contributed by atoms with Crippen molar-refractivity contribution in [2.45, 2.75) is 63.6 Å². The van der Waals surface area contributed by atoms with Gasteiger partial charge in [-0.3, -0.25) is 14.4 Å². The molecule has 1 saturated carbocycles. The van der Waals surface area contributed by atoms with Gasteiger partial charge in [-0.25, -0.2) is 0 Å². The molecule has 1 saturated heterocycles. The number of carbonyl (C=O) groups is 3. The van der Waals surface area contributed by atoms with Gasteiger partial charge in [0.1, 0.15) is 6.04 Å². The highest BCUT2D eigenvalue weighted by Gasteiger charge is 2.38. The fourth-order valence-electron chi connectivity index (χ4n) is 4.08. The molecule has 0 radical (unpaired) electrons. The third-order valence-corrected chi connectivity index (χ3v) is 5.57. The molecule has 0 aromatic heterocycles. The van der Waals surface area contributed by atoms with E-state index in [-0.39, 0.29) is 11.9 Å². The molecule has 1 N–H and O–H groups in total. The lowest BCUT2D eigenvalue weighted by molar-refractivity contribution is -0.150. The van der Waals surface area contributed by atoms with Crippen molar-refractivity contribution in [3.8, 4) is 0 Å². The van der Waals surface area contributed by atoms with E-state index in [0.717, 1.165) is 37.7 Å². The lowest BCUT2D eigenvalue weighted by Crippen LogP contribution is -2.52. The van der Waals surface area contributed by atoms with Crippen LogP contribution in [0.4, 0.5) is 0 Å². The summed E-state index contributed by atoms with van der Waals surface area (Å²) in [5.41, 5.74) is 1.04. The fraction of sp³-hybridized carbons (Fsp3) is 0.571. The van der Waals surface area contributed by atoms with Crippen LogP contribution in [-0.2, 0) is 20.9 Å². The van der Waals surface area contributed by atoms with Crippen molar-refractivity contribution >= 4 is 17.7 Å². The molecule has 146 valence electrons. The summed E-state index contributed by atoms with van der Waals surface area (Å²) in [6.07, 6.45) is 6.60. The lowest BCUT2D eigenvalue weighted by Gasteiger charge is -2.29. The van der Waals surface area contributed by atoms with Crippen molar-refractivity contribution in [2.24, 2.45) is 0 Å². The van der Waals surface area contributed by atoms with Crippen molar-refractivity contribution in [3.05, 3.63) is 35.9 Å². The van der Waals surface area contributed by atoms with Crippen LogP contribution in [0.25, 0.3) is 0 Å². The molecule has 3 amide bonds. The molecule has 6 heteroatoms. The second kappa shape index (κ2) is 9.02.